The highest BCUT2D eigenvalue weighted by atomic mass is 16.7. The molecule has 84 valence electrons. The summed E-state index contributed by atoms with van der Waals surface area (Å²) in [6.07, 6.45) is 6.48. The van der Waals surface area contributed by atoms with E-state index in [0.717, 1.165) is 38.7 Å². The third-order valence-electron chi connectivity index (χ3n) is 4.01. The average molecular weight is 210 g/mol. The first kappa shape index (κ1) is 9.79. The Bertz CT molecular complexity index is 258. The lowest BCUT2D eigenvalue weighted by Crippen LogP contribution is -2.32. The predicted octanol–water partition coefficient (Wildman–Crippen LogP) is 1.90. The highest BCUT2D eigenvalue weighted by Crippen LogP contribution is 2.44. The van der Waals surface area contributed by atoms with Gasteiger partial charge in [0.15, 0.2) is 6.29 Å². The molecule has 3 heteroatoms. The fourth-order valence-corrected chi connectivity index (χ4v) is 3.17. The minimum atomic E-state index is 0.0122. The molecule has 2 bridgehead atoms. The first-order valence-electron chi connectivity index (χ1n) is 6.12. The molecular weight excluding hydrogens is 192 g/mol. The van der Waals surface area contributed by atoms with Gasteiger partial charge in [0.25, 0.3) is 0 Å². The summed E-state index contributed by atoms with van der Waals surface area (Å²) in [6.45, 7) is 0.838. The molecule has 0 N–H and O–H groups in total. The third kappa shape index (κ3) is 1.83. The van der Waals surface area contributed by atoms with Gasteiger partial charge in [-0.05, 0) is 38.0 Å². The second-order valence-corrected chi connectivity index (χ2v) is 5.07. The number of carbonyl (C=O) groups excluding carboxylic acids is 1. The van der Waals surface area contributed by atoms with Gasteiger partial charge in [-0.2, -0.15) is 0 Å². The van der Waals surface area contributed by atoms with Gasteiger partial charge in [-0.25, -0.2) is 0 Å². The molecule has 1 saturated heterocycles. The molecule has 2 saturated carbocycles. The zero-order valence-electron chi connectivity index (χ0n) is 8.98. The molecule has 1 unspecified atom stereocenters. The predicted molar refractivity (Wildman–Crippen MR) is 54.3 cm³/mol. The van der Waals surface area contributed by atoms with Gasteiger partial charge in [-0.15, -0.1) is 0 Å². The molecule has 3 fully saturated rings. The number of ketones is 1. The van der Waals surface area contributed by atoms with Crippen LogP contribution in [0.25, 0.3) is 0 Å². The van der Waals surface area contributed by atoms with Crippen LogP contribution >= 0.6 is 0 Å². The van der Waals surface area contributed by atoms with Gasteiger partial charge in [0, 0.05) is 18.9 Å². The molecule has 3 aliphatic rings. The van der Waals surface area contributed by atoms with Crippen LogP contribution in [0.1, 0.15) is 38.5 Å². The summed E-state index contributed by atoms with van der Waals surface area (Å²) in [5, 5.41) is 0. The van der Waals surface area contributed by atoms with Gasteiger partial charge in [-0.3, -0.25) is 4.79 Å². The van der Waals surface area contributed by atoms with Crippen molar-refractivity contribution in [1.29, 1.82) is 0 Å². The number of hydrogen-bond donors (Lipinski definition) is 0. The summed E-state index contributed by atoms with van der Waals surface area (Å²) in [7, 11) is 0. The van der Waals surface area contributed by atoms with Crippen molar-refractivity contribution in [3.05, 3.63) is 0 Å². The molecule has 0 aromatic heterocycles. The maximum Gasteiger partial charge on any atom is 0.157 e. The first-order chi connectivity index (χ1) is 7.33. The van der Waals surface area contributed by atoms with Crippen LogP contribution in [0.2, 0.25) is 0 Å². The average Bonchev–Trinajstić information content (AvgIpc) is 2.78. The van der Waals surface area contributed by atoms with Gasteiger partial charge in [0.2, 0.25) is 0 Å². The van der Waals surface area contributed by atoms with Crippen LogP contribution in [0.4, 0.5) is 0 Å². The standard InChI is InChI=1S/C12H18O3/c13-10-6-9-5-8(10)7-11(9)15-12-3-1-2-4-14-12/h8-9,11-12H,1-7H2/t8-,9-,11+,12?/m0/s1. The number of Topliss-reactive ketones (excluding diaryl/α,β-unsaturated/α-hetero) is 1. The van der Waals surface area contributed by atoms with Gasteiger partial charge < -0.3 is 9.47 Å². The lowest BCUT2D eigenvalue weighted by atomic mass is 9.96. The van der Waals surface area contributed by atoms with E-state index in [0.29, 0.717) is 23.7 Å². The van der Waals surface area contributed by atoms with Crippen LogP contribution in [0, 0.1) is 11.8 Å². The summed E-state index contributed by atoms with van der Waals surface area (Å²) in [4.78, 5) is 11.4. The number of fused-ring (bicyclic) bond motifs is 2. The molecule has 0 spiro atoms. The Balaban J connectivity index is 1.54. The van der Waals surface area contributed by atoms with Crippen molar-refractivity contribution in [2.75, 3.05) is 6.61 Å². The Kier molecular flexibility index (Phi) is 2.53. The van der Waals surface area contributed by atoms with Crippen molar-refractivity contribution in [2.24, 2.45) is 11.8 Å². The molecule has 3 nitrogen and oxygen atoms in total. The van der Waals surface area contributed by atoms with Crippen molar-refractivity contribution in [3.8, 4) is 0 Å². The summed E-state index contributed by atoms with van der Waals surface area (Å²) < 4.78 is 11.5. The third-order valence-corrected chi connectivity index (χ3v) is 4.01. The Morgan fingerprint density at radius 3 is 2.80 bits per heavy atom. The second-order valence-electron chi connectivity index (χ2n) is 5.07. The zero-order chi connectivity index (χ0) is 10.3. The molecule has 1 heterocycles. The monoisotopic (exact) mass is 210 g/mol. The van der Waals surface area contributed by atoms with Crippen molar-refractivity contribution in [1.82, 2.24) is 0 Å². The van der Waals surface area contributed by atoms with Crippen LogP contribution in [0.15, 0.2) is 0 Å². The van der Waals surface area contributed by atoms with Crippen LogP contribution in [0.3, 0.4) is 0 Å². The van der Waals surface area contributed by atoms with Gasteiger partial charge in [-0.1, -0.05) is 0 Å². The first-order valence-corrected chi connectivity index (χ1v) is 6.12. The molecule has 4 atom stereocenters. The Hall–Kier alpha value is -0.410. The van der Waals surface area contributed by atoms with E-state index in [1.807, 2.05) is 0 Å². The molecule has 0 aromatic rings. The van der Waals surface area contributed by atoms with E-state index in [4.69, 9.17) is 9.47 Å². The number of carbonyl (C=O) groups is 1. The number of hydrogen-bond acceptors (Lipinski definition) is 3. The van der Waals surface area contributed by atoms with Crippen molar-refractivity contribution < 1.29 is 14.3 Å². The zero-order valence-corrected chi connectivity index (χ0v) is 8.98. The number of ether oxygens (including phenoxy) is 2. The van der Waals surface area contributed by atoms with E-state index in [9.17, 15) is 4.79 Å². The minimum Gasteiger partial charge on any atom is -0.353 e. The normalized spacial score (nSPS) is 44.9. The highest BCUT2D eigenvalue weighted by molar-refractivity contribution is 5.84. The van der Waals surface area contributed by atoms with Crippen LogP contribution < -0.4 is 0 Å². The molecular formula is C12H18O3. The van der Waals surface area contributed by atoms with Gasteiger partial charge in [0.1, 0.15) is 5.78 Å². The molecule has 1 aliphatic heterocycles. The fourth-order valence-electron chi connectivity index (χ4n) is 3.17. The number of rotatable bonds is 2. The van der Waals surface area contributed by atoms with Crippen LogP contribution in [0.5, 0.6) is 0 Å². The fraction of sp³-hybridized carbons (Fsp3) is 0.917. The molecule has 15 heavy (non-hydrogen) atoms. The highest BCUT2D eigenvalue weighted by Gasteiger charge is 2.46. The van der Waals surface area contributed by atoms with Crippen molar-refractivity contribution in [3.63, 3.8) is 0 Å². The molecule has 0 aromatic carbocycles. The van der Waals surface area contributed by atoms with E-state index < -0.39 is 0 Å². The van der Waals surface area contributed by atoms with Gasteiger partial charge >= 0.3 is 0 Å². The maximum atomic E-state index is 11.4. The molecule has 3 rings (SSSR count). The lowest BCUT2D eigenvalue weighted by Gasteiger charge is -2.29. The van der Waals surface area contributed by atoms with E-state index in [1.54, 1.807) is 0 Å². The van der Waals surface area contributed by atoms with E-state index in [-0.39, 0.29) is 6.29 Å². The minimum absolute atomic E-state index is 0.0122. The van der Waals surface area contributed by atoms with Crippen molar-refractivity contribution in [2.45, 2.75) is 50.9 Å². The summed E-state index contributed by atoms with van der Waals surface area (Å²) in [6, 6.07) is 0. The largest absolute Gasteiger partial charge is 0.353 e. The Labute approximate surface area is 90.1 Å². The maximum absolute atomic E-state index is 11.4. The smallest absolute Gasteiger partial charge is 0.157 e. The summed E-state index contributed by atoms with van der Waals surface area (Å²) >= 11 is 0. The van der Waals surface area contributed by atoms with E-state index in [1.165, 1.54) is 6.42 Å². The Morgan fingerprint density at radius 1 is 1.27 bits per heavy atom. The lowest BCUT2D eigenvalue weighted by molar-refractivity contribution is -0.197. The second kappa shape index (κ2) is 3.87. The van der Waals surface area contributed by atoms with Crippen LogP contribution in [-0.4, -0.2) is 24.8 Å². The van der Waals surface area contributed by atoms with Gasteiger partial charge in [0.05, 0.1) is 6.10 Å². The summed E-state index contributed by atoms with van der Waals surface area (Å²) in [5.74, 6) is 1.26. The topological polar surface area (TPSA) is 35.5 Å². The molecule has 0 amide bonds. The molecule has 2 aliphatic carbocycles. The van der Waals surface area contributed by atoms with E-state index in [2.05, 4.69) is 0 Å². The summed E-state index contributed by atoms with van der Waals surface area (Å²) in [5.41, 5.74) is 0. The SMILES string of the molecule is O=C1C[C@@H]2C[C@H]1C[C@H]2OC1CCCCO1. The Morgan fingerprint density at radius 2 is 2.20 bits per heavy atom. The van der Waals surface area contributed by atoms with E-state index >= 15 is 0 Å². The van der Waals surface area contributed by atoms with Crippen LogP contribution in [-0.2, 0) is 14.3 Å². The molecule has 0 radical (unpaired) electrons. The quantitative estimate of drug-likeness (QED) is 0.698. The van der Waals surface area contributed by atoms with Crippen molar-refractivity contribution >= 4 is 5.78 Å².